The molecule has 1 N–H and O–H groups in total. The van der Waals surface area contributed by atoms with Crippen LogP contribution in [0.4, 0.5) is 0 Å². The molecule has 21 heavy (non-hydrogen) atoms. The highest BCUT2D eigenvalue weighted by Gasteiger charge is 2.27. The Morgan fingerprint density at radius 1 is 1.38 bits per heavy atom. The van der Waals surface area contributed by atoms with Gasteiger partial charge in [0.2, 0.25) is 0 Å². The molecule has 1 atom stereocenters. The summed E-state index contributed by atoms with van der Waals surface area (Å²) in [6, 6.07) is 5.60. The average molecular weight is 287 g/mol. The van der Waals surface area contributed by atoms with Crippen LogP contribution in [0.25, 0.3) is 5.65 Å². The lowest BCUT2D eigenvalue weighted by molar-refractivity contribution is -0.138. The van der Waals surface area contributed by atoms with E-state index in [2.05, 4.69) is 4.98 Å². The van der Waals surface area contributed by atoms with Crippen LogP contribution in [0.1, 0.15) is 29.8 Å². The van der Waals surface area contributed by atoms with Crippen LogP contribution in [0, 0.1) is 5.92 Å². The van der Waals surface area contributed by atoms with Gasteiger partial charge in [-0.3, -0.25) is 9.59 Å². The third kappa shape index (κ3) is 2.89. The van der Waals surface area contributed by atoms with E-state index in [0.717, 1.165) is 18.5 Å². The highest BCUT2D eigenvalue weighted by Crippen LogP contribution is 2.21. The number of rotatable bonds is 3. The summed E-state index contributed by atoms with van der Waals surface area (Å²) in [5.41, 5.74) is 1.15. The van der Waals surface area contributed by atoms with Crippen molar-refractivity contribution in [3.8, 4) is 0 Å². The van der Waals surface area contributed by atoms with Crippen LogP contribution in [0.2, 0.25) is 0 Å². The van der Waals surface area contributed by atoms with E-state index in [0.29, 0.717) is 18.8 Å². The van der Waals surface area contributed by atoms with E-state index in [9.17, 15) is 9.59 Å². The van der Waals surface area contributed by atoms with Gasteiger partial charge in [0, 0.05) is 31.9 Å². The third-order valence-corrected chi connectivity index (χ3v) is 3.85. The maximum atomic E-state index is 12.5. The molecule has 6 nitrogen and oxygen atoms in total. The van der Waals surface area contributed by atoms with Crippen LogP contribution in [0.5, 0.6) is 0 Å². The van der Waals surface area contributed by atoms with E-state index < -0.39 is 5.97 Å². The lowest BCUT2D eigenvalue weighted by Crippen LogP contribution is -2.40. The molecule has 110 valence electrons. The number of hydrogen-bond acceptors (Lipinski definition) is 3. The molecule has 1 fully saturated rings. The van der Waals surface area contributed by atoms with Crippen molar-refractivity contribution in [2.75, 3.05) is 13.1 Å². The molecule has 6 heteroatoms. The Labute approximate surface area is 122 Å². The van der Waals surface area contributed by atoms with Crippen LogP contribution in [0.15, 0.2) is 30.6 Å². The number of aromatic nitrogens is 2. The van der Waals surface area contributed by atoms with Crippen LogP contribution in [-0.4, -0.2) is 44.4 Å². The number of carboxylic acids is 1. The van der Waals surface area contributed by atoms with Crippen molar-refractivity contribution in [1.29, 1.82) is 0 Å². The normalized spacial score (nSPS) is 18.9. The van der Waals surface area contributed by atoms with Crippen molar-refractivity contribution in [1.82, 2.24) is 14.3 Å². The number of pyridine rings is 1. The van der Waals surface area contributed by atoms with Crippen LogP contribution in [-0.2, 0) is 4.79 Å². The second-order valence-electron chi connectivity index (χ2n) is 5.45. The Hall–Kier alpha value is -2.37. The van der Waals surface area contributed by atoms with Crippen LogP contribution < -0.4 is 0 Å². The van der Waals surface area contributed by atoms with Crippen LogP contribution in [0.3, 0.4) is 0 Å². The van der Waals surface area contributed by atoms with Gasteiger partial charge in [-0.2, -0.15) is 0 Å². The molecular weight excluding hydrogens is 270 g/mol. The highest BCUT2D eigenvalue weighted by atomic mass is 16.4. The zero-order valence-electron chi connectivity index (χ0n) is 11.6. The number of carboxylic acid groups (broad SMARTS) is 1. The summed E-state index contributed by atoms with van der Waals surface area (Å²) in [5.74, 6) is -0.881. The van der Waals surface area contributed by atoms with E-state index in [1.54, 1.807) is 11.1 Å². The third-order valence-electron chi connectivity index (χ3n) is 3.85. The van der Waals surface area contributed by atoms with E-state index in [-0.39, 0.29) is 18.2 Å². The van der Waals surface area contributed by atoms with Gasteiger partial charge in [0.25, 0.3) is 5.91 Å². The molecule has 0 spiro atoms. The van der Waals surface area contributed by atoms with Crippen molar-refractivity contribution in [2.24, 2.45) is 5.92 Å². The highest BCUT2D eigenvalue weighted by molar-refractivity contribution is 5.93. The summed E-state index contributed by atoms with van der Waals surface area (Å²) < 4.78 is 1.81. The standard InChI is InChI=1S/C15H17N3O3/c19-14(20)8-11-4-3-7-18(9-11)15(21)12-10-17-6-2-1-5-13(17)16-12/h1-2,5-6,10-11H,3-4,7-9H2,(H,19,20). The molecule has 0 aliphatic carbocycles. The predicted molar refractivity (Wildman–Crippen MR) is 76.1 cm³/mol. The molecule has 3 heterocycles. The van der Waals surface area contributed by atoms with E-state index in [4.69, 9.17) is 5.11 Å². The number of carbonyl (C=O) groups is 2. The maximum Gasteiger partial charge on any atom is 0.303 e. The van der Waals surface area contributed by atoms with Gasteiger partial charge in [-0.15, -0.1) is 0 Å². The van der Waals surface area contributed by atoms with Gasteiger partial charge in [-0.1, -0.05) is 6.07 Å². The number of fused-ring (bicyclic) bond motifs is 1. The summed E-state index contributed by atoms with van der Waals surface area (Å²) in [6.45, 7) is 1.17. The number of hydrogen-bond donors (Lipinski definition) is 1. The Balaban J connectivity index is 1.76. The molecule has 1 saturated heterocycles. The summed E-state index contributed by atoms with van der Waals surface area (Å²) in [4.78, 5) is 29.4. The first kappa shape index (κ1) is 13.6. The first-order chi connectivity index (χ1) is 10.1. The first-order valence-corrected chi connectivity index (χ1v) is 7.08. The second-order valence-corrected chi connectivity index (χ2v) is 5.45. The number of likely N-dealkylation sites (tertiary alicyclic amines) is 1. The van der Waals surface area contributed by atoms with Crippen molar-refractivity contribution >= 4 is 17.5 Å². The van der Waals surface area contributed by atoms with Gasteiger partial charge in [-0.05, 0) is 30.9 Å². The van der Waals surface area contributed by atoms with Crippen molar-refractivity contribution < 1.29 is 14.7 Å². The number of nitrogens with zero attached hydrogens (tertiary/aromatic N) is 3. The smallest absolute Gasteiger partial charge is 0.303 e. The number of carbonyl (C=O) groups excluding carboxylic acids is 1. The minimum absolute atomic E-state index is 0.0391. The average Bonchev–Trinajstić information content (AvgIpc) is 2.90. The predicted octanol–water partition coefficient (Wildman–Crippen LogP) is 1.66. The molecular formula is C15H17N3O3. The topological polar surface area (TPSA) is 74.9 Å². The minimum atomic E-state index is -0.804. The molecule has 2 aromatic rings. The van der Waals surface area contributed by atoms with E-state index >= 15 is 0 Å². The zero-order valence-corrected chi connectivity index (χ0v) is 11.6. The van der Waals surface area contributed by atoms with Crippen LogP contribution >= 0.6 is 0 Å². The zero-order chi connectivity index (χ0) is 14.8. The number of piperidine rings is 1. The van der Waals surface area contributed by atoms with Gasteiger partial charge in [-0.25, -0.2) is 4.98 Å². The minimum Gasteiger partial charge on any atom is -0.481 e. The first-order valence-electron chi connectivity index (χ1n) is 7.08. The lowest BCUT2D eigenvalue weighted by Gasteiger charge is -2.31. The summed E-state index contributed by atoms with van der Waals surface area (Å²) in [5, 5.41) is 8.88. The molecule has 1 aliphatic heterocycles. The SMILES string of the molecule is O=C(O)CC1CCCN(C(=O)c2cn3ccccc3n2)C1. The molecule has 0 aromatic carbocycles. The fourth-order valence-electron chi connectivity index (χ4n) is 2.86. The Bertz CT molecular complexity index is 647. The monoisotopic (exact) mass is 287 g/mol. The van der Waals surface area contributed by atoms with Gasteiger partial charge in [0.05, 0.1) is 0 Å². The van der Waals surface area contributed by atoms with Crippen molar-refractivity contribution in [2.45, 2.75) is 19.3 Å². The molecule has 0 saturated carbocycles. The maximum absolute atomic E-state index is 12.5. The van der Waals surface area contributed by atoms with Gasteiger partial charge in [0.1, 0.15) is 11.3 Å². The molecule has 2 aromatic heterocycles. The molecule has 1 aliphatic rings. The summed E-state index contributed by atoms with van der Waals surface area (Å²) in [6.07, 6.45) is 5.40. The molecule has 0 radical (unpaired) electrons. The van der Waals surface area contributed by atoms with Crippen molar-refractivity contribution in [3.63, 3.8) is 0 Å². The Kier molecular flexibility index (Phi) is 3.60. The van der Waals surface area contributed by atoms with E-state index in [1.807, 2.05) is 28.8 Å². The Morgan fingerprint density at radius 3 is 3.00 bits per heavy atom. The molecule has 1 amide bonds. The number of imidazole rings is 1. The molecule has 3 rings (SSSR count). The fraction of sp³-hybridized carbons (Fsp3) is 0.400. The summed E-state index contributed by atoms with van der Waals surface area (Å²) >= 11 is 0. The van der Waals surface area contributed by atoms with Gasteiger partial charge >= 0.3 is 5.97 Å². The largest absolute Gasteiger partial charge is 0.481 e. The second kappa shape index (κ2) is 5.55. The number of aliphatic carboxylic acids is 1. The van der Waals surface area contributed by atoms with Gasteiger partial charge in [0.15, 0.2) is 0 Å². The molecule has 0 bridgehead atoms. The number of amides is 1. The quantitative estimate of drug-likeness (QED) is 0.931. The summed E-state index contributed by atoms with van der Waals surface area (Å²) in [7, 11) is 0. The lowest BCUT2D eigenvalue weighted by atomic mass is 9.95. The van der Waals surface area contributed by atoms with E-state index in [1.165, 1.54) is 0 Å². The van der Waals surface area contributed by atoms with Gasteiger partial charge < -0.3 is 14.4 Å². The fourth-order valence-corrected chi connectivity index (χ4v) is 2.86. The molecule has 1 unspecified atom stereocenters. The van der Waals surface area contributed by atoms with Crippen molar-refractivity contribution in [3.05, 3.63) is 36.3 Å². The Morgan fingerprint density at radius 2 is 2.24 bits per heavy atom.